The lowest BCUT2D eigenvalue weighted by molar-refractivity contribution is -0.137. The van der Waals surface area contributed by atoms with Crippen molar-refractivity contribution in [3.05, 3.63) is 12.2 Å². The Balaban J connectivity index is 1.53. The lowest BCUT2D eigenvalue weighted by atomic mass is 9.80. The van der Waals surface area contributed by atoms with Crippen LogP contribution in [-0.4, -0.2) is 60.5 Å². The number of ether oxygens (including phenoxy) is 1. The first-order chi connectivity index (χ1) is 15.9. The van der Waals surface area contributed by atoms with Crippen LogP contribution in [0.4, 0.5) is 5.82 Å². The maximum Gasteiger partial charge on any atom is 0.252 e. The predicted octanol–water partition coefficient (Wildman–Crippen LogP) is 1.12. The summed E-state index contributed by atoms with van der Waals surface area (Å²) in [6.45, 7) is 4.39. The average Bonchev–Trinajstić information content (AvgIpc) is 3.36. The smallest absolute Gasteiger partial charge is 0.252 e. The third-order valence-corrected chi connectivity index (χ3v) is 6.70. The highest BCUT2D eigenvalue weighted by atomic mass is 16.6. The van der Waals surface area contributed by atoms with Crippen LogP contribution in [0.5, 0.6) is 0 Å². The number of imidazole rings is 1. The lowest BCUT2D eigenvalue weighted by Crippen LogP contribution is -2.42. The molecule has 2 aliphatic rings. The van der Waals surface area contributed by atoms with Crippen molar-refractivity contribution in [1.29, 1.82) is 0 Å². The number of amides is 1. The fourth-order valence-electron chi connectivity index (χ4n) is 4.68. The van der Waals surface area contributed by atoms with Crippen molar-refractivity contribution in [2.45, 2.75) is 76.9 Å². The molecule has 2 aromatic rings. The number of aromatic nitrogens is 4. The molecule has 33 heavy (non-hydrogen) atoms. The number of hydrogen-bond donors (Lipinski definition) is 4. The number of likely N-dealkylation sites (N-methyl/N-ethyl adjacent to an activating group) is 1. The molecule has 4 atom stereocenters. The molecule has 2 fully saturated rings. The van der Waals surface area contributed by atoms with Crippen molar-refractivity contribution in [1.82, 2.24) is 24.8 Å². The van der Waals surface area contributed by atoms with E-state index in [1.54, 1.807) is 6.92 Å². The first-order valence-electron chi connectivity index (χ1n) is 11.7. The number of rotatable bonds is 5. The summed E-state index contributed by atoms with van der Waals surface area (Å²) in [6, 6.07) is 0. The fraction of sp³-hybridized carbons (Fsp3) is 0.652. The summed E-state index contributed by atoms with van der Waals surface area (Å²) < 4.78 is 7.14. The molecule has 0 bridgehead atoms. The maximum absolute atomic E-state index is 12.2. The molecule has 3 heterocycles. The topological polar surface area (TPSA) is 148 Å². The largest absolute Gasteiger partial charge is 0.387 e. The van der Waals surface area contributed by atoms with Crippen LogP contribution >= 0.6 is 0 Å². The number of nitrogens with zero attached hydrogens (tertiary/aromatic N) is 4. The first kappa shape index (κ1) is 23.4. The number of carbonyl (C=O) groups excluding carboxylic acids is 1. The number of aliphatic hydroxyl groups is 2. The van der Waals surface area contributed by atoms with Gasteiger partial charge in [0, 0.05) is 13.0 Å². The number of nitrogens with one attached hydrogen (secondary N) is 1. The highest BCUT2D eigenvalue weighted by Gasteiger charge is 2.47. The number of aliphatic hydroxyl groups excluding tert-OH is 2. The second-order valence-electron chi connectivity index (χ2n) is 8.88. The van der Waals surface area contributed by atoms with Crippen molar-refractivity contribution >= 4 is 22.9 Å². The van der Waals surface area contributed by atoms with Gasteiger partial charge in [0.15, 0.2) is 23.8 Å². The highest BCUT2D eigenvalue weighted by Crippen LogP contribution is 2.33. The molecule has 2 aromatic heterocycles. The quantitative estimate of drug-likeness (QED) is 0.489. The van der Waals surface area contributed by atoms with Gasteiger partial charge in [-0.2, -0.15) is 0 Å². The van der Waals surface area contributed by atoms with Gasteiger partial charge in [0.05, 0.1) is 6.33 Å². The van der Waals surface area contributed by atoms with Crippen LogP contribution in [0, 0.1) is 23.7 Å². The minimum absolute atomic E-state index is 0.166. The van der Waals surface area contributed by atoms with Crippen LogP contribution in [0.3, 0.4) is 0 Å². The van der Waals surface area contributed by atoms with E-state index in [0.29, 0.717) is 23.6 Å². The third kappa shape index (κ3) is 4.81. The van der Waals surface area contributed by atoms with Gasteiger partial charge in [0.2, 0.25) is 5.82 Å². The van der Waals surface area contributed by atoms with Gasteiger partial charge in [-0.3, -0.25) is 9.36 Å². The molecule has 0 spiro atoms. The SMILES string of the molecule is CCNC(=O)[C@H]1O[C@@H](n2cnc3c(N)nc(C#CCC4CCC(CC)CC4)nc32)C(O)[C@H]1O. The molecule has 4 rings (SSSR count). The Bertz CT molecular complexity index is 1050. The first-order valence-corrected chi connectivity index (χ1v) is 11.7. The van der Waals surface area contributed by atoms with Crippen LogP contribution in [0.15, 0.2) is 6.33 Å². The summed E-state index contributed by atoms with van der Waals surface area (Å²) in [5.74, 6) is 7.58. The van der Waals surface area contributed by atoms with Crippen LogP contribution < -0.4 is 11.1 Å². The Morgan fingerprint density at radius 3 is 2.64 bits per heavy atom. The average molecular weight is 457 g/mol. The summed E-state index contributed by atoms with van der Waals surface area (Å²) in [7, 11) is 0. The molecule has 1 aliphatic carbocycles. The molecule has 1 aliphatic heterocycles. The summed E-state index contributed by atoms with van der Waals surface area (Å²) in [6.07, 6.45) is 3.39. The Morgan fingerprint density at radius 2 is 1.94 bits per heavy atom. The van der Waals surface area contributed by atoms with Gasteiger partial charge in [-0.05, 0) is 37.5 Å². The summed E-state index contributed by atoms with van der Waals surface area (Å²) >= 11 is 0. The number of anilines is 1. The fourth-order valence-corrected chi connectivity index (χ4v) is 4.68. The Labute approximate surface area is 193 Å². The molecule has 1 saturated heterocycles. The van der Waals surface area contributed by atoms with Crippen molar-refractivity contribution < 1.29 is 19.7 Å². The van der Waals surface area contributed by atoms with Gasteiger partial charge >= 0.3 is 0 Å². The lowest BCUT2D eigenvalue weighted by Gasteiger charge is -2.26. The van der Waals surface area contributed by atoms with E-state index in [0.717, 1.165) is 12.3 Å². The van der Waals surface area contributed by atoms with Gasteiger partial charge in [0.1, 0.15) is 17.7 Å². The second-order valence-corrected chi connectivity index (χ2v) is 8.88. The minimum Gasteiger partial charge on any atom is -0.387 e. The summed E-state index contributed by atoms with van der Waals surface area (Å²) in [5, 5.41) is 23.5. The standard InChI is InChI=1S/C23H32N6O4/c1-3-13-8-10-14(11-9-13)6-5-7-15-27-20(24)16-21(28-15)29(12-26-16)23-18(31)17(30)19(33-23)22(32)25-4-2/h12-14,17-19,23,30-31H,3-4,6,8-11H2,1-2H3,(H,25,32)(H2,24,27,28)/t13?,14?,17-,18?,19+,23-/m1/s1. The summed E-state index contributed by atoms with van der Waals surface area (Å²) in [5.41, 5.74) is 6.74. The number of fused-ring (bicyclic) bond motifs is 1. The molecule has 5 N–H and O–H groups in total. The van der Waals surface area contributed by atoms with Gasteiger partial charge in [-0.1, -0.05) is 32.1 Å². The highest BCUT2D eigenvalue weighted by molar-refractivity contribution is 5.83. The molecule has 0 aromatic carbocycles. The zero-order valence-electron chi connectivity index (χ0n) is 19.1. The van der Waals surface area contributed by atoms with E-state index in [2.05, 4.69) is 39.0 Å². The van der Waals surface area contributed by atoms with Gasteiger partial charge < -0.3 is 26.0 Å². The number of carbonyl (C=O) groups is 1. The molecule has 0 radical (unpaired) electrons. The zero-order valence-corrected chi connectivity index (χ0v) is 19.1. The molecular weight excluding hydrogens is 424 g/mol. The van der Waals surface area contributed by atoms with E-state index >= 15 is 0 Å². The van der Waals surface area contributed by atoms with Crippen LogP contribution in [0.1, 0.15) is 64.4 Å². The molecule has 178 valence electrons. The zero-order chi connectivity index (χ0) is 23.5. The van der Waals surface area contributed by atoms with Crippen LogP contribution in [0.25, 0.3) is 11.2 Å². The van der Waals surface area contributed by atoms with Gasteiger partial charge in [-0.15, -0.1) is 0 Å². The van der Waals surface area contributed by atoms with Crippen molar-refractivity contribution in [2.24, 2.45) is 11.8 Å². The number of hydrogen-bond acceptors (Lipinski definition) is 8. The third-order valence-electron chi connectivity index (χ3n) is 6.70. The van der Waals surface area contributed by atoms with E-state index < -0.39 is 30.4 Å². The van der Waals surface area contributed by atoms with E-state index in [1.165, 1.54) is 43.0 Å². The summed E-state index contributed by atoms with van der Waals surface area (Å²) in [4.78, 5) is 25.1. The Hall–Kier alpha value is -2.74. The van der Waals surface area contributed by atoms with Crippen LogP contribution in [0.2, 0.25) is 0 Å². The molecule has 1 saturated carbocycles. The van der Waals surface area contributed by atoms with Crippen molar-refractivity contribution in [3.63, 3.8) is 0 Å². The van der Waals surface area contributed by atoms with Gasteiger partial charge in [0.25, 0.3) is 5.91 Å². The molecule has 1 amide bonds. The van der Waals surface area contributed by atoms with Crippen molar-refractivity contribution in [3.8, 4) is 11.8 Å². The van der Waals surface area contributed by atoms with E-state index in [9.17, 15) is 15.0 Å². The van der Waals surface area contributed by atoms with Crippen LogP contribution in [-0.2, 0) is 9.53 Å². The number of nitrogen functional groups attached to an aromatic ring is 1. The number of nitrogens with two attached hydrogens (primary N) is 1. The monoisotopic (exact) mass is 456 g/mol. The minimum atomic E-state index is -1.39. The van der Waals surface area contributed by atoms with Gasteiger partial charge in [-0.25, -0.2) is 15.0 Å². The molecule has 10 nitrogen and oxygen atoms in total. The van der Waals surface area contributed by atoms with E-state index in [4.69, 9.17) is 10.5 Å². The second kappa shape index (κ2) is 10.0. The Kier molecular flexibility index (Phi) is 7.12. The molecular formula is C23H32N6O4. The van der Waals surface area contributed by atoms with E-state index in [1.807, 2.05) is 0 Å². The normalized spacial score (nSPS) is 29.6. The predicted molar refractivity (Wildman–Crippen MR) is 122 cm³/mol. The van der Waals surface area contributed by atoms with Crippen molar-refractivity contribution in [2.75, 3.05) is 12.3 Å². The molecule has 1 unspecified atom stereocenters. The van der Waals surface area contributed by atoms with E-state index in [-0.39, 0.29) is 11.6 Å². The Morgan fingerprint density at radius 1 is 1.21 bits per heavy atom. The molecule has 10 heteroatoms. The maximum atomic E-state index is 12.2.